The number of fused-ring (bicyclic) bond motifs is 1. The lowest BCUT2D eigenvalue weighted by Gasteiger charge is -2.44. The highest BCUT2D eigenvalue weighted by Gasteiger charge is 2.72. The largest absolute Gasteiger partial charge is 0.514 e. The van der Waals surface area contributed by atoms with Gasteiger partial charge >= 0.3 is 12.1 Å². The smallest absolute Gasteiger partial charge is 0.477 e. The normalized spacial score (nSPS) is 41.6. The highest BCUT2D eigenvalue weighted by atomic mass is 16.4. The molecule has 16 heavy (non-hydrogen) atoms. The number of nitrogens with zero attached hydrogens (tertiary/aromatic N) is 1. The SMILES string of the molecule is CC(C)(C)[N+]1(C(=O)O)C[C@@H]2C[C@@H]2[C@@H]1C(=O)O. The van der Waals surface area contributed by atoms with E-state index in [2.05, 4.69) is 0 Å². The van der Waals surface area contributed by atoms with Gasteiger partial charge in [0.15, 0.2) is 0 Å². The summed E-state index contributed by atoms with van der Waals surface area (Å²) in [6.45, 7) is 5.88. The van der Waals surface area contributed by atoms with E-state index in [0.717, 1.165) is 6.42 Å². The molecule has 0 radical (unpaired) electrons. The fourth-order valence-corrected chi connectivity index (χ4v) is 3.22. The average Bonchev–Trinajstić information content (AvgIpc) is 2.73. The van der Waals surface area contributed by atoms with Crippen molar-refractivity contribution in [3.05, 3.63) is 0 Å². The van der Waals surface area contributed by atoms with Gasteiger partial charge in [0.25, 0.3) is 0 Å². The summed E-state index contributed by atoms with van der Waals surface area (Å²) in [6, 6.07) is -0.775. The van der Waals surface area contributed by atoms with E-state index in [0.29, 0.717) is 6.54 Å². The van der Waals surface area contributed by atoms with E-state index in [1.54, 1.807) is 0 Å². The summed E-state index contributed by atoms with van der Waals surface area (Å²) >= 11 is 0. The second-order valence-electron chi connectivity index (χ2n) is 5.95. The number of likely N-dealkylation sites (tertiary alicyclic amines) is 1. The summed E-state index contributed by atoms with van der Waals surface area (Å²) in [4.78, 5) is 22.9. The number of quaternary nitrogens is 1. The Balaban J connectivity index is 2.48. The molecule has 0 spiro atoms. The maximum atomic E-state index is 11.6. The summed E-state index contributed by atoms with van der Waals surface area (Å²) in [5, 5.41) is 18.7. The molecule has 2 fully saturated rings. The molecule has 1 aliphatic carbocycles. The van der Waals surface area contributed by atoms with E-state index in [-0.39, 0.29) is 16.3 Å². The lowest BCUT2D eigenvalue weighted by molar-refractivity contribution is -0.911. The number of amides is 1. The molecule has 2 N–H and O–H groups in total. The van der Waals surface area contributed by atoms with Crippen LogP contribution in [0.15, 0.2) is 0 Å². The first-order valence-electron chi connectivity index (χ1n) is 5.56. The van der Waals surface area contributed by atoms with Crippen molar-refractivity contribution >= 4 is 12.1 Å². The molecule has 1 aliphatic heterocycles. The van der Waals surface area contributed by atoms with Crippen LogP contribution in [0.4, 0.5) is 4.79 Å². The van der Waals surface area contributed by atoms with Crippen LogP contribution in [0.1, 0.15) is 27.2 Å². The molecule has 5 heteroatoms. The minimum absolute atomic E-state index is 0.0628. The van der Waals surface area contributed by atoms with Crippen molar-refractivity contribution in [1.29, 1.82) is 0 Å². The van der Waals surface area contributed by atoms with Gasteiger partial charge < -0.3 is 10.2 Å². The standard InChI is InChI=1S/C11H17NO4/c1-11(2,3)12(10(15)16)5-6-4-7(6)8(12)9(13)14/h6-8H,4-5H2,1-3H3,(H-,13,14,15,16)/p+1/t6-,7-,8+,12?/m0/s1. The van der Waals surface area contributed by atoms with Crippen LogP contribution in [-0.2, 0) is 4.79 Å². The van der Waals surface area contributed by atoms with Gasteiger partial charge in [-0.2, -0.15) is 4.79 Å². The predicted octanol–water partition coefficient (Wildman–Crippen LogP) is 1.38. The predicted molar refractivity (Wildman–Crippen MR) is 55.9 cm³/mol. The molecule has 0 aromatic carbocycles. The molecule has 1 saturated heterocycles. The number of carboxylic acid groups (broad SMARTS) is 2. The van der Waals surface area contributed by atoms with Gasteiger partial charge in [-0.25, -0.2) is 9.28 Å². The number of aliphatic carboxylic acids is 1. The lowest BCUT2D eigenvalue weighted by atomic mass is 9.97. The van der Waals surface area contributed by atoms with Gasteiger partial charge in [-0.1, -0.05) is 0 Å². The van der Waals surface area contributed by atoms with Crippen LogP contribution in [0.2, 0.25) is 0 Å². The van der Waals surface area contributed by atoms with Gasteiger partial charge in [0.05, 0.1) is 6.54 Å². The van der Waals surface area contributed by atoms with E-state index in [9.17, 15) is 19.8 Å². The maximum Gasteiger partial charge on any atom is 0.514 e. The second-order valence-corrected chi connectivity index (χ2v) is 5.95. The minimum atomic E-state index is -1.01. The molecule has 0 aromatic rings. The monoisotopic (exact) mass is 228 g/mol. The zero-order valence-electron chi connectivity index (χ0n) is 9.80. The summed E-state index contributed by atoms with van der Waals surface area (Å²) in [5.74, 6) is -0.619. The van der Waals surface area contributed by atoms with Gasteiger partial charge in [0.1, 0.15) is 5.54 Å². The van der Waals surface area contributed by atoms with Gasteiger partial charge in [0, 0.05) is 11.8 Å². The second kappa shape index (κ2) is 2.97. The van der Waals surface area contributed by atoms with Crippen molar-refractivity contribution in [3.8, 4) is 0 Å². The summed E-state index contributed by atoms with van der Waals surface area (Å²) < 4.78 is -0.322. The third kappa shape index (κ3) is 1.21. The zero-order valence-corrected chi connectivity index (χ0v) is 9.80. The molecule has 2 rings (SSSR count). The highest BCUT2D eigenvalue weighted by molar-refractivity contribution is 5.77. The van der Waals surface area contributed by atoms with E-state index in [4.69, 9.17) is 0 Å². The van der Waals surface area contributed by atoms with Crippen LogP contribution in [0.5, 0.6) is 0 Å². The molecule has 0 aromatic heterocycles. The first kappa shape index (κ1) is 11.4. The van der Waals surface area contributed by atoms with E-state index in [1.807, 2.05) is 20.8 Å². The van der Waals surface area contributed by atoms with E-state index in [1.165, 1.54) is 0 Å². The lowest BCUT2D eigenvalue weighted by Crippen LogP contribution is -2.69. The molecule has 1 unspecified atom stereocenters. The topological polar surface area (TPSA) is 74.6 Å². The van der Waals surface area contributed by atoms with E-state index < -0.39 is 23.6 Å². The Morgan fingerprint density at radius 2 is 1.81 bits per heavy atom. The number of piperidine rings is 1. The van der Waals surface area contributed by atoms with Crippen molar-refractivity contribution in [2.24, 2.45) is 11.8 Å². The van der Waals surface area contributed by atoms with Gasteiger partial charge in [-0.15, -0.1) is 0 Å². The third-order valence-corrected chi connectivity index (χ3v) is 4.17. The zero-order chi connectivity index (χ0) is 12.3. The molecule has 1 heterocycles. The molecule has 4 atom stereocenters. The van der Waals surface area contributed by atoms with Crippen molar-refractivity contribution < 1.29 is 24.3 Å². The first-order chi connectivity index (χ1) is 7.22. The van der Waals surface area contributed by atoms with Crippen molar-refractivity contribution in [2.45, 2.75) is 38.8 Å². The number of carbonyl (C=O) groups is 2. The first-order valence-corrected chi connectivity index (χ1v) is 5.56. The third-order valence-electron chi connectivity index (χ3n) is 4.17. The highest BCUT2D eigenvalue weighted by Crippen LogP contribution is 2.56. The Kier molecular flexibility index (Phi) is 2.11. The van der Waals surface area contributed by atoms with Gasteiger partial charge in [-0.05, 0) is 27.2 Å². The quantitative estimate of drug-likeness (QED) is 0.665. The van der Waals surface area contributed by atoms with Crippen LogP contribution >= 0.6 is 0 Å². The number of hydrogen-bond acceptors (Lipinski definition) is 2. The molecule has 0 bridgehead atoms. The van der Waals surface area contributed by atoms with Gasteiger partial charge in [0.2, 0.25) is 6.04 Å². The van der Waals surface area contributed by atoms with Crippen LogP contribution in [0.3, 0.4) is 0 Å². The van der Waals surface area contributed by atoms with Gasteiger partial charge in [-0.3, -0.25) is 0 Å². The number of hydrogen-bond donors (Lipinski definition) is 2. The molecular weight excluding hydrogens is 210 g/mol. The fraction of sp³-hybridized carbons (Fsp3) is 0.818. The Labute approximate surface area is 94.3 Å². The Morgan fingerprint density at radius 3 is 2.12 bits per heavy atom. The fourth-order valence-electron chi connectivity index (χ4n) is 3.22. The minimum Gasteiger partial charge on any atom is -0.477 e. The molecule has 1 saturated carbocycles. The Bertz CT molecular complexity index is 359. The maximum absolute atomic E-state index is 11.6. The van der Waals surface area contributed by atoms with Crippen LogP contribution in [-0.4, -0.2) is 44.9 Å². The van der Waals surface area contributed by atoms with Crippen molar-refractivity contribution in [2.75, 3.05) is 6.54 Å². The Morgan fingerprint density at radius 1 is 1.25 bits per heavy atom. The summed E-state index contributed by atoms with van der Waals surface area (Å²) in [5.41, 5.74) is -0.581. The summed E-state index contributed by atoms with van der Waals surface area (Å²) in [7, 11) is 0. The van der Waals surface area contributed by atoms with Crippen molar-refractivity contribution in [1.82, 2.24) is 0 Å². The number of rotatable bonds is 1. The van der Waals surface area contributed by atoms with Crippen molar-refractivity contribution in [3.63, 3.8) is 0 Å². The number of carboxylic acids is 1. The average molecular weight is 228 g/mol. The molecule has 5 nitrogen and oxygen atoms in total. The summed E-state index contributed by atoms with van der Waals surface area (Å²) in [6.07, 6.45) is -0.132. The van der Waals surface area contributed by atoms with Crippen LogP contribution < -0.4 is 0 Å². The Hall–Kier alpha value is -1.10. The molecule has 90 valence electrons. The van der Waals surface area contributed by atoms with Crippen LogP contribution in [0.25, 0.3) is 0 Å². The van der Waals surface area contributed by atoms with E-state index >= 15 is 0 Å². The molecular formula is C11H18NO4+. The molecule has 1 amide bonds. The molecule has 2 aliphatic rings. The van der Waals surface area contributed by atoms with Crippen LogP contribution in [0, 0.1) is 11.8 Å².